The molecular weight excluding hydrogens is 544 g/mol. The average Bonchev–Trinajstić information content (AvgIpc) is 3.55. The Morgan fingerprint density at radius 3 is 1.60 bits per heavy atom. The second kappa shape index (κ2) is 9.29. The van der Waals surface area contributed by atoms with Crippen molar-refractivity contribution in [2.75, 3.05) is 0 Å². The lowest BCUT2D eigenvalue weighted by molar-refractivity contribution is 0.669. The summed E-state index contributed by atoms with van der Waals surface area (Å²) in [4.78, 5) is 0. The molecule has 9 aromatic carbocycles. The standard InChI is InChI=1S/C44H26O/c1-2-13-30-26-40-38(25-29(30)12-1)44-37(21-10-22-39(44)45-40)43-34-18-7-5-16-32(34)42(33-17-6-8-19-35(33)43)36-20-9-14-28-24-23-27-11-3-4-15-31(27)41(28)36/h1-26H/i5D,6D,7D,8D,16D,17D,18D,19D. The maximum Gasteiger partial charge on any atom is 0.136 e. The van der Waals surface area contributed by atoms with Crippen LogP contribution in [0.2, 0.25) is 0 Å². The molecule has 0 aliphatic rings. The van der Waals surface area contributed by atoms with Gasteiger partial charge in [0.15, 0.2) is 0 Å². The van der Waals surface area contributed by atoms with Gasteiger partial charge >= 0.3 is 0 Å². The van der Waals surface area contributed by atoms with E-state index in [4.69, 9.17) is 9.90 Å². The first kappa shape index (κ1) is 18.0. The zero-order valence-corrected chi connectivity index (χ0v) is 23.8. The van der Waals surface area contributed by atoms with Crippen molar-refractivity contribution in [3.05, 3.63) is 158 Å². The Morgan fingerprint density at radius 1 is 0.378 bits per heavy atom. The van der Waals surface area contributed by atoms with Crippen molar-refractivity contribution in [2.45, 2.75) is 0 Å². The van der Waals surface area contributed by atoms with E-state index in [2.05, 4.69) is 0 Å². The smallest absolute Gasteiger partial charge is 0.136 e. The Balaban J connectivity index is 1.52. The number of benzene rings is 9. The molecule has 0 aliphatic carbocycles. The van der Waals surface area contributed by atoms with Gasteiger partial charge in [0.1, 0.15) is 11.2 Å². The van der Waals surface area contributed by atoms with Gasteiger partial charge in [0.05, 0.1) is 11.0 Å². The van der Waals surface area contributed by atoms with Crippen LogP contribution in [0.5, 0.6) is 0 Å². The van der Waals surface area contributed by atoms with E-state index >= 15 is 0 Å². The fourth-order valence-electron chi connectivity index (χ4n) is 7.15. The number of hydrogen-bond donors (Lipinski definition) is 0. The number of fused-ring (bicyclic) bond motifs is 9. The van der Waals surface area contributed by atoms with E-state index in [1.165, 1.54) is 0 Å². The summed E-state index contributed by atoms with van der Waals surface area (Å²) in [6.45, 7) is 0. The van der Waals surface area contributed by atoms with Crippen LogP contribution in [-0.4, -0.2) is 0 Å². The molecule has 0 radical (unpaired) electrons. The average molecular weight is 579 g/mol. The molecule has 0 saturated carbocycles. The van der Waals surface area contributed by atoms with Gasteiger partial charge in [-0.3, -0.25) is 0 Å². The largest absolute Gasteiger partial charge is 0.456 e. The van der Waals surface area contributed by atoms with Gasteiger partial charge in [0.2, 0.25) is 0 Å². The normalized spacial score (nSPS) is 14.5. The Hall–Kier alpha value is -5.92. The van der Waals surface area contributed by atoms with Gasteiger partial charge in [-0.15, -0.1) is 0 Å². The molecule has 0 bridgehead atoms. The third-order valence-corrected chi connectivity index (χ3v) is 9.05. The zero-order chi connectivity index (χ0) is 36.4. The third kappa shape index (κ3) is 3.50. The van der Waals surface area contributed by atoms with Gasteiger partial charge in [-0.05, 0) is 94.3 Å². The SMILES string of the molecule is [2H]c1c([2H])c([2H])c2c(-c3cccc4oc5cc6ccccc6cc5c34)c3c([2H])c([2H])c([2H])c([2H])c3c(-c3cccc4ccc5ccccc5c34)c2c1[2H]. The van der Waals surface area contributed by atoms with E-state index in [0.717, 1.165) is 37.7 Å². The molecule has 1 heteroatoms. The third-order valence-electron chi connectivity index (χ3n) is 9.05. The van der Waals surface area contributed by atoms with Crippen LogP contribution in [0.25, 0.3) is 98.1 Å². The first-order valence-corrected chi connectivity index (χ1v) is 14.9. The van der Waals surface area contributed by atoms with Crippen molar-refractivity contribution in [3.63, 3.8) is 0 Å². The number of rotatable bonds is 2. The van der Waals surface area contributed by atoms with E-state index in [9.17, 15) is 5.48 Å². The van der Waals surface area contributed by atoms with E-state index in [0.29, 0.717) is 38.8 Å². The topological polar surface area (TPSA) is 13.1 Å². The van der Waals surface area contributed by atoms with Crippen LogP contribution < -0.4 is 0 Å². The van der Waals surface area contributed by atoms with Gasteiger partial charge < -0.3 is 4.42 Å². The quantitative estimate of drug-likeness (QED) is 0.147. The van der Waals surface area contributed by atoms with Crippen molar-refractivity contribution < 1.29 is 15.4 Å². The summed E-state index contributed by atoms with van der Waals surface area (Å²) in [7, 11) is 0. The summed E-state index contributed by atoms with van der Waals surface area (Å²) < 4.78 is 80.0. The fourth-order valence-corrected chi connectivity index (χ4v) is 7.15. The number of furan rings is 1. The molecule has 0 amide bonds. The summed E-state index contributed by atoms with van der Waals surface area (Å²) in [6, 6.07) is 32.1. The molecule has 1 aromatic heterocycles. The van der Waals surface area contributed by atoms with E-state index < -0.39 is 24.2 Å². The first-order valence-electron chi connectivity index (χ1n) is 18.9. The lowest BCUT2D eigenvalue weighted by Gasteiger charge is -2.19. The van der Waals surface area contributed by atoms with Crippen molar-refractivity contribution in [2.24, 2.45) is 0 Å². The highest BCUT2D eigenvalue weighted by atomic mass is 16.3. The molecule has 0 atom stereocenters. The molecule has 0 unspecified atom stereocenters. The van der Waals surface area contributed by atoms with E-state index in [1.807, 2.05) is 103 Å². The molecule has 208 valence electrons. The fraction of sp³-hybridized carbons (Fsp3) is 0. The van der Waals surface area contributed by atoms with Crippen molar-refractivity contribution >= 4 is 75.8 Å². The lowest BCUT2D eigenvalue weighted by Crippen LogP contribution is -1.92. The van der Waals surface area contributed by atoms with Crippen LogP contribution in [0.15, 0.2) is 162 Å². The van der Waals surface area contributed by atoms with Crippen molar-refractivity contribution in [1.29, 1.82) is 0 Å². The predicted molar refractivity (Wildman–Crippen MR) is 192 cm³/mol. The van der Waals surface area contributed by atoms with Crippen LogP contribution in [0, 0.1) is 0 Å². The Bertz CT molecular complexity index is 3190. The molecule has 0 spiro atoms. The van der Waals surface area contributed by atoms with E-state index in [-0.39, 0.29) is 45.7 Å². The highest BCUT2D eigenvalue weighted by Crippen LogP contribution is 2.48. The van der Waals surface area contributed by atoms with Gasteiger partial charge in [-0.25, -0.2) is 0 Å². The van der Waals surface area contributed by atoms with Gasteiger partial charge in [0, 0.05) is 10.8 Å². The minimum Gasteiger partial charge on any atom is -0.456 e. The second-order valence-corrected chi connectivity index (χ2v) is 11.4. The number of hydrogen-bond acceptors (Lipinski definition) is 1. The minimum atomic E-state index is -0.437. The molecule has 0 N–H and O–H groups in total. The predicted octanol–water partition coefficient (Wildman–Crippen LogP) is 12.7. The first-order chi connectivity index (χ1) is 25.7. The molecular formula is C44H26O. The molecule has 0 saturated heterocycles. The van der Waals surface area contributed by atoms with Crippen LogP contribution in [-0.2, 0) is 0 Å². The van der Waals surface area contributed by atoms with E-state index in [1.54, 1.807) is 6.07 Å². The molecule has 1 heterocycles. The van der Waals surface area contributed by atoms with Crippen LogP contribution in [0.4, 0.5) is 0 Å². The summed E-state index contributed by atoms with van der Waals surface area (Å²) in [6.07, 6.45) is 0. The van der Waals surface area contributed by atoms with Crippen LogP contribution >= 0.6 is 0 Å². The highest BCUT2D eigenvalue weighted by Gasteiger charge is 2.21. The molecule has 10 aromatic rings. The van der Waals surface area contributed by atoms with Gasteiger partial charge in [-0.2, -0.15) is 0 Å². The molecule has 45 heavy (non-hydrogen) atoms. The van der Waals surface area contributed by atoms with Gasteiger partial charge in [0.25, 0.3) is 0 Å². The van der Waals surface area contributed by atoms with Crippen molar-refractivity contribution in [3.8, 4) is 22.3 Å². The monoisotopic (exact) mass is 578 g/mol. The molecule has 0 aliphatic heterocycles. The van der Waals surface area contributed by atoms with Crippen LogP contribution in [0.3, 0.4) is 0 Å². The van der Waals surface area contributed by atoms with Gasteiger partial charge in [-0.1, -0.05) is 139 Å². The second-order valence-electron chi connectivity index (χ2n) is 11.4. The van der Waals surface area contributed by atoms with Crippen LogP contribution in [0.1, 0.15) is 11.0 Å². The molecule has 0 fully saturated rings. The summed E-state index contributed by atoms with van der Waals surface area (Å²) >= 11 is 0. The molecule has 1 nitrogen and oxygen atoms in total. The Morgan fingerprint density at radius 2 is 0.911 bits per heavy atom. The summed E-state index contributed by atoms with van der Waals surface area (Å²) in [5.74, 6) is 0. The van der Waals surface area contributed by atoms with Crippen molar-refractivity contribution in [1.82, 2.24) is 0 Å². The maximum absolute atomic E-state index is 9.50. The molecule has 10 rings (SSSR count). The summed E-state index contributed by atoms with van der Waals surface area (Å²) in [5, 5.41) is 7.71. The summed E-state index contributed by atoms with van der Waals surface area (Å²) in [5.41, 5.74) is 2.94. The Kier molecular flexibility index (Phi) is 3.72. The zero-order valence-electron chi connectivity index (χ0n) is 31.8. The highest BCUT2D eigenvalue weighted by molar-refractivity contribution is 6.28. The maximum atomic E-state index is 9.50. The minimum absolute atomic E-state index is 0.170. The Labute approximate surface area is 270 Å². The lowest BCUT2D eigenvalue weighted by atomic mass is 9.83.